The Kier molecular flexibility index (Phi) is 4.20. The first-order valence-electron chi connectivity index (χ1n) is 5.17. The molecular weight excluding hydrogens is 225 g/mol. The fraction of sp³-hybridized carbons (Fsp3) is 0.333. The van der Waals surface area contributed by atoms with E-state index in [0.29, 0.717) is 5.56 Å². The Morgan fingerprint density at radius 3 is 2.53 bits per heavy atom. The summed E-state index contributed by atoms with van der Waals surface area (Å²) < 4.78 is 13.0. The van der Waals surface area contributed by atoms with Crippen molar-refractivity contribution in [3.63, 3.8) is 0 Å². The van der Waals surface area contributed by atoms with Gasteiger partial charge >= 0.3 is 5.97 Å². The molecule has 0 fully saturated rings. The molecule has 17 heavy (non-hydrogen) atoms. The molecule has 0 radical (unpaired) electrons. The molecule has 5 heteroatoms. The average molecular weight is 239 g/mol. The second-order valence-corrected chi connectivity index (χ2v) is 3.86. The predicted octanol–water partition coefficient (Wildman–Crippen LogP) is 1.52. The van der Waals surface area contributed by atoms with Gasteiger partial charge in [-0.15, -0.1) is 0 Å². The molecule has 0 aromatic heterocycles. The van der Waals surface area contributed by atoms with E-state index < -0.39 is 29.7 Å². The molecule has 0 aliphatic carbocycles. The van der Waals surface area contributed by atoms with Crippen molar-refractivity contribution in [1.29, 1.82) is 0 Å². The number of rotatable bonds is 4. The first-order chi connectivity index (χ1) is 7.91. The summed E-state index contributed by atoms with van der Waals surface area (Å²) >= 11 is 0. The highest BCUT2D eigenvalue weighted by atomic mass is 19.1. The molecule has 0 bridgehead atoms. The van der Waals surface area contributed by atoms with Crippen LogP contribution in [0.15, 0.2) is 24.3 Å². The Labute approximate surface area is 98.5 Å². The number of halogens is 1. The molecule has 2 N–H and O–H groups in total. The molecule has 92 valence electrons. The molecule has 0 saturated heterocycles. The highest BCUT2D eigenvalue weighted by molar-refractivity contribution is 5.83. The van der Waals surface area contributed by atoms with Crippen molar-refractivity contribution < 1.29 is 19.1 Å². The number of carboxylic acids is 1. The smallest absolute Gasteiger partial charge is 0.326 e. The lowest BCUT2D eigenvalue weighted by molar-refractivity contribution is -0.142. The zero-order valence-electron chi connectivity index (χ0n) is 9.61. The topological polar surface area (TPSA) is 66.4 Å². The highest BCUT2D eigenvalue weighted by Gasteiger charge is 2.26. The number of benzene rings is 1. The fourth-order valence-electron chi connectivity index (χ4n) is 1.60. The Hall–Kier alpha value is -1.91. The second-order valence-electron chi connectivity index (χ2n) is 3.86. The molecule has 1 rings (SSSR count). The van der Waals surface area contributed by atoms with Gasteiger partial charge in [-0.1, -0.05) is 19.1 Å². The molecule has 0 aliphatic rings. The Bertz CT molecular complexity index is 434. The SMILES string of the molecule is CC(=O)N[C@H](C(=O)O)[C@@H](C)c1cccc(F)c1. The summed E-state index contributed by atoms with van der Waals surface area (Å²) in [6, 6.07) is 4.63. The molecule has 0 spiro atoms. The molecule has 2 atom stereocenters. The summed E-state index contributed by atoms with van der Waals surface area (Å²) in [5.41, 5.74) is 0.533. The van der Waals surface area contributed by atoms with Gasteiger partial charge in [0.1, 0.15) is 11.9 Å². The van der Waals surface area contributed by atoms with Crippen LogP contribution in [-0.4, -0.2) is 23.0 Å². The van der Waals surface area contributed by atoms with Crippen molar-refractivity contribution >= 4 is 11.9 Å². The maximum Gasteiger partial charge on any atom is 0.326 e. The lowest BCUT2D eigenvalue weighted by atomic mass is 9.93. The third kappa shape index (κ3) is 3.55. The van der Waals surface area contributed by atoms with E-state index in [4.69, 9.17) is 5.11 Å². The van der Waals surface area contributed by atoms with E-state index in [1.807, 2.05) is 0 Å². The first kappa shape index (κ1) is 13.2. The Morgan fingerprint density at radius 2 is 2.06 bits per heavy atom. The predicted molar refractivity (Wildman–Crippen MR) is 60.1 cm³/mol. The molecule has 1 amide bonds. The van der Waals surface area contributed by atoms with Crippen molar-refractivity contribution in [2.75, 3.05) is 0 Å². The van der Waals surface area contributed by atoms with Gasteiger partial charge < -0.3 is 10.4 Å². The number of hydrogen-bond donors (Lipinski definition) is 2. The van der Waals surface area contributed by atoms with Gasteiger partial charge in [0.2, 0.25) is 5.91 Å². The minimum absolute atomic E-state index is 0.429. The van der Waals surface area contributed by atoms with Gasteiger partial charge in [0, 0.05) is 12.8 Å². The van der Waals surface area contributed by atoms with Crippen LogP contribution in [-0.2, 0) is 9.59 Å². The number of aliphatic carboxylic acids is 1. The standard InChI is InChI=1S/C12H14FNO3/c1-7(9-4-3-5-10(13)6-9)11(12(16)17)14-8(2)15/h3-7,11H,1-2H3,(H,14,15)(H,16,17)/t7-,11-/m0/s1. The normalized spacial score (nSPS) is 13.8. The summed E-state index contributed by atoms with van der Waals surface area (Å²) in [5, 5.41) is 11.4. The van der Waals surface area contributed by atoms with E-state index >= 15 is 0 Å². The number of carbonyl (C=O) groups is 2. The van der Waals surface area contributed by atoms with Gasteiger partial charge in [0.05, 0.1) is 0 Å². The van der Waals surface area contributed by atoms with Crippen LogP contribution in [0.4, 0.5) is 4.39 Å². The molecule has 1 aromatic carbocycles. The largest absolute Gasteiger partial charge is 0.480 e. The van der Waals surface area contributed by atoms with E-state index in [-0.39, 0.29) is 0 Å². The Balaban J connectivity index is 2.95. The highest BCUT2D eigenvalue weighted by Crippen LogP contribution is 2.20. The van der Waals surface area contributed by atoms with Gasteiger partial charge in [0.25, 0.3) is 0 Å². The van der Waals surface area contributed by atoms with Crippen molar-refractivity contribution in [3.8, 4) is 0 Å². The molecular formula is C12H14FNO3. The zero-order chi connectivity index (χ0) is 13.0. The van der Waals surface area contributed by atoms with E-state index in [9.17, 15) is 14.0 Å². The van der Waals surface area contributed by atoms with Gasteiger partial charge in [-0.25, -0.2) is 9.18 Å². The van der Waals surface area contributed by atoms with Gasteiger partial charge in [-0.3, -0.25) is 4.79 Å². The van der Waals surface area contributed by atoms with Crippen molar-refractivity contribution in [1.82, 2.24) is 5.32 Å². The number of amides is 1. The van der Waals surface area contributed by atoms with Crippen molar-refractivity contribution in [2.45, 2.75) is 25.8 Å². The van der Waals surface area contributed by atoms with Gasteiger partial charge in [-0.2, -0.15) is 0 Å². The fourth-order valence-corrected chi connectivity index (χ4v) is 1.60. The minimum Gasteiger partial charge on any atom is -0.480 e. The van der Waals surface area contributed by atoms with Crippen LogP contribution in [0.2, 0.25) is 0 Å². The molecule has 1 aromatic rings. The summed E-state index contributed by atoms with van der Waals surface area (Å²) in [4.78, 5) is 21.9. The summed E-state index contributed by atoms with van der Waals surface area (Å²) in [5.74, 6) is -2.51. The number of nitrogens with one attached hydrogen (secondary N) is 1. The third-order valence-electron chi connectivity index (χ3n) is 2.50. The minimum atomic E-state index is -1.14. The van der Waals surface area contributed by atoms with E-state index in [0.717, 1.165) is 0 Å². The lowest BCUT2D eigenvalue weighted by Gasteiger charge is -2.21. The van der Waals surface area contributed by atoms with Crippen LogP contribution in [0.5, 0.6) is 0 Å². The van der Waals surface area contributed by atoms with E-state index in [1.54, 1.807) is 13.0 Å². The summed E-state index contributed by atoms with van der Waals surface area (Å²) in [7, 11) is 0. The lowest BCUT2D eigenvalue weighted by Crippen LogP contribution is -2.43. The third-order valence-corrected chi connectivity index (χ3v) is 2.50. The van der Waals surface area contributed by atoms with Crippen molar-refractivity contribution in [2.24, 2.45) is 0 Å². The maximum atomic E-state index is 13.0. The molecule has 4 nitrogen and oxygen atoms in total. The Morgan fingerprint density at radius 1 is 1.41 bits per heavy atom. The number of hydrogen-bond acceptors (Lipinski definition) is 2. The number of carboxylic acid groups (broad SMARTS) is 1. The molecule has 0 heterocycles. The van der Waals surface area contributed by atoms with Crippen LogP contribution >= 0.6 is 0 Å². The van der Waals surface area contributed by atoms with Crippen LogP contribution in [0.25, 0.3) is 0 Å². The van der Waals surface area contributed by atoms with Gasteiger partial charge in [0.15, 0.2) is 0 Å². The molecule has 0 saturated carbocycles. The average Bonchev–Trinajstić information content (AvgIpc) is 2.24. The van der Waals surface area contributed by atoms with E-state index in [2.05, 4.69) is 5.32 Å². The molecule has 0 aliphatic heterocycles. The molecule has 0 unspecified atom stereocenters. The van der Waals surface area contributed by atoms with Gasteiger partial charge in [-0.05, 0) is 17.7 Å². The quantitative estimate of drug-likeness (QED) is 0.837. The first-order valence-corrected chi connectivity index (χ1v) is 5.17. The monoisotopic (exact) mass is 239 g/mol. The number of carbonyl (C=O) groups excluding carboxylic acids is 1. The van der Waals surface area contributed by atoms with Crippen LogP contribution < -0.4 is 5.32 Å². The second kappa shape index (κ2) is 5.43. The maximum absolute atomic E-state index is 13.0. The van der Waals surface area contributed by atoms with Crippen LogP contribution in [0.1, 0.15) is 25.3 Å². The zero-order valence-corrected chi connectivity index (χ0v) is 9.61. The van der Waals surface area contributed by atoms with E-state index in [1.165, 1.54) is 25.1 Å². The summed E-state index contributed by atoms with van der Waals surface area (Å²) in [6.45, 7) is 2.87. The van der Waals surface area contributed by atoms with Crippen LogP contribution in [0, 0.1) is 5.82 Å². The summed E-state index contributed by atoms with van der Waals surface area (Å²) in [6.07, 6.45) is 0. The van der Waals surface area contributed by atoms with Crippen molar-refractivity contribution in [3.05, 3.63) is 35.6 Å². The van der Waals surface area contributed by atoms with Crippen LogP contribution in [0.3, 0.4) is 0 Å².